The molecule has 1 amide bonds. The molecule has 27 heavy (non-hydrogen) atoms. The van der Waals surface area contributed by atoms with Crippen molar-refractivity contribution in [2.45, 2.75) is 71.3 Å². The standard InChI is InChI=1S/C22H33NO4/c1-21-8-6-16-20(15(21)5-4-14(21)12-24)13(11-19(26)27-3)10-17-22(16,2)9-7-18(25)23-17/h12-17,20H,4-11H2,1-3H3,(H,23,25)/t13?,14-,15?,16?,17?,20?,21-,22?/m1/s1. The molecule has 1 N–H and O–H groups in total. The molecule has 0 aromatic heterocycles. The average Bonchev–Trinajstić information content (AvgIpc) is 2.99. The molecule has 4 rings (SSSR count). The zero-order valence-electron chi connectivity index (χ0n) is 16.8. The predicted molar refractivity (Wildman–Crippen MR) is 101 cm³/mol. The molecule has 3 aliphatic carbocycles. The third kappa shape index (κ3) is 2.75. The van der Waals surface area contributed by atoms with E-state index in [0.717, 1.165) is 38.5 Å². The van der Waals surface area contributed by atoms with Gasteiger partial charge in [0.1, 0.15) is 6.29 Å². The van der Waals surface area contributed by atoms with E-state index >= 15 is 0 Å². The van der Waals surface area contributed by atoms with Crippen molar-refractivity contribution in [3.05, 3.63) is 0 Å². The Hall–Kier alpha value is -1.39. The van der Waals surface area contributed by atoms with Crippen LogP contribution in [0.15, 0.2) is 0 Å². The van der Waals surface area contributed by atoms with Gasteiger partial charge in [0, 0.05) is 24.8 Å². The van der Waals surface area contributed by atoms with Crippen molar-refractivity contribution in [3.63, 3.8) is 0 Å². The molecule has 4 fully saturated rings. The first-order chi connectivity index (χ1) is 12.8. The van der Waals surface area contributed by atoms with Gasteiger partial charge in [0.05, 0.1) is 7.11 Å². The molecule has 1 aliphatic heterocycles. The monoisotopic (exact) mass is 375 g/mol. The summed E-state index contributed by atoms with van der Waals surface area (Å²) in [5.41, 5.74) is 0.171. The number of methoxy groups -OCH3 is 1. The molecule has 6 unspecified atom stereocenters. The number of nitrogens with one attached hydrogen (secondary N) is 1. The molecule has 150 valence electrons. The Morgan fingerprint density at radius 3 is 2.63 bits per heavy atom. The fourth-order valence-electron chi connectivity index (χ4n) is 7.62. The maximum atomic E-state index is 12.2. The Labute approximate surface area is 162 Å². The van der Waals surface area contributed by atoms with Crippen molar-refractivity contribution in [2.24, 2.45) is 40.4 Å². The molecule has 0 aromatic carbocycles. The summed E-state index contributed by atoms with van der Waals surface area (Å²) >= 11 is 0. The van der Waals surface area contributed by atoms with Gasteiger partial charge >= 0.3 is 5.97 Å². The number of aldehydes is 1. The summed E-state index contributed by atoms with van der Waals surface area (Å²) in [6, 6.07) is 0.155. The van der Waals surface area contributed by atoms with Gasteiger partial charge in [-0.1, -0.05) is 13.8 Å². The van der Waals surface area contributed by atoms with Crippen LogP contribution in [0.4, 0.5) is 0 Å². The van der Waals surface area contributed by atoms with Crippen molar-refractivity contribution < 1.29 is 19.1 Å². The lowest BCUT2D eigenvalue weighted by molar-refractivity contribution is -0.156. The molecule has 8 atom stereocenters. The number of hydrogen-bond acceptors (Lipinski definition) is 4. The van der Waals surface area contributed by atoms with Crippen LogP contribution < -0.4 is 5.32 Å². The van der Waals surface area contributed by atoms with Gasteiger partial charge in [-0.25, -0.2) is 0 Å². The Morgan fingerprint density at radius 1 is 1.19 bits per heavy atom. The second kappa shape index (κ2) is 6.59. The van der Waals surface area contributed by atoms with Crippen LogP contribution in [0.1, 0.15) is 65.2 Å². The molecule has 0 radical (unpaired) electrons. The highest BCUT2D eigenvalue weighted by atomic mass is 16.5. The number of hydrogen-bond donors (Lipinski definition) is 1. The minimum absolute atomic E-state index is 0.0679. The first-order valence-electron chi connectivity index (χ1n) is 10.6. The van der Waals surface area contributed by atoms with Crippen molar-refractivity contribution >= 4 is 18.2 Å². The molecular formula is C22H33NO4. The van der Waals surface area contributed by atoms with E-state index < -0.39 is 0 Å². The number of amides is 1. The maximum Gasteiger partial charge on any atom is 0.305 e. The second-order valence-electron chi connectivity index (χ2n) is 10.1. The number of ether oxygens (including phenoxy) is 1. The van der Waals surface area contributed by atoms with Crippen molar-refractivity contribution in [1.29, 1.82) is 0 Å². The van der Waals surface area contributed by atoms with Gasteiger partial charge in [-0.15, -0.1) is 0 Å². The normalized spacial score (nSPS) is 48.6. The number of piperidine rings is 1. The molecule has 1 saturated heterocycles. The summed E-state index contributed by atoms with van der Waals surface area (Å²) in [7, 11) is 1.46. The topological polar surface area (TPSA) is 72.5 Å². The summed E-state index contributed by atoms with van der Waals surface area (Å²) in [6.07, 6.45) is 8.28. The fraction of sp³-hybridized carbons (Fsp3) is 0.864. The molecule has 1 heterocycles. The highest BCUT2D eigenvalue weighted by Crippen LogP contribution is 2.66. The van der Waals surface area contributed by atoms with Crippen LogP contribution in [0.25, 0.3) is 0 Å². The van der Waals surface area contributed by atoms with Crippen LogP contribution in [-0.2, 0) is 19.1 Å². The fourth-order valence-corrected chi connectivity index (χ4v) is 7.62. The Kier molecular flexibility index (Phi) is 4.63. The van der Waals surface area contributed by atoms with E-state index in [4.69, 9.17) is 4.74 Å². The third-order valence-corrected chi connectivity index (χ3v) is 9.18. The van der Waals surface area contributed by atoms with E-state index in [-0.39, 0.29) is 40.6 Å². The molecule has 0 aromatic rings. The van der Waals surface area contributed by atoms with E-state index in [1.54, 1.807) is 0 Å². The van der Waals surface area contributed by atoms with Crippen LogP contribution in [-0.4, -0.2) is 31.3 Å². The minimum Gasteiger partial charge on any atom is -0.469 e. The van der Waals surface area contributed by atoms with Crippen molar-refractivity contribution in [1.82, 2.24) is 5.32 Å². The summed E-state index contributed by atoms with van der Waals surface area (Å²) in [5.74, 6) is 1.83. The first-order valence-corrected chi connectivity index (χ1v) is 10.6. The quantitative estimate of drug-likeness (QED) is 0.608. The summed E-state index contributed by atoms with van der Waals surface area (Å²) in [6.45, 7) is 4.67. The number of carbonyl (C=O) groups is 3. The molecular weight excluding hydrogens is 342 g/mol. The third-order valence-electron chi connectivity index (χ3n) is 9.18. The molecule has 5 nitrogen and oxygen atoms in total. The number of carbonyl (C=O) groups excluding carboxylic acids is 3. The van der Waals surface area contributed by atoms with Crippen LogP contribution >= 0.6 is 0 Å². The lowest BCUT2D eigenvalue weighted by atomic mass is 9.44. The highest BCUT2D eigenvalue weighted by molar-refractivity contribution is 5.77. The lowest BCUT2D eigenvalue weighted by Crippen LogP contribution is -2.63. The lowest BCUT2D eigenvalue weighted by Gasteiger charge is -2.62. The molecule has 3 saturated carbocycles. The first kappa shape index (κ1) is 18.9. The van der Waals surface area contributed by atoms with Gasteiger partial charge in [0.15, 0.2) is 0 Å². The molecule has 5 heteroatoms. The van der Waals surface area contributed by atoms with Gasteiger partial charge in [-0.05, 0) is 73.0 Å². The van der Waals surface area contributed by atoms with Gasteiger partial charge in [0.2, 0.25) is 5.91 Å². The molecule has 4 aliphatic rings. The Balaban J connectivity index is 1.71. The van der Waals surface area contributed by atoms with Gasteiger partial charge in [0.25, 0.3) is 0 Å². The van der Waals surface area contributed by atoms with Crippen LogP contribution in [0, 0.1) is 40.4 Å². The van der Waals surface area contributed by atoms with Gasteiger partial charge in [-0.3, -0.25) is 9.59 Å². The van der Waals surface area contributed by atoms with E-state index in [2.05, 4.69) is 19.2 Å². The van der Waals surface area contributed by atoms with E-state index in [9.17, 15) is 14.4 Å². The van der Waals surface area contributed by atoms with Crippen molar-refractivity contribution in [3.8, 4) is 0 Å². The van der Waals surface area contributed by atoms with Gasteiger partial charge < -0.3 is 14.8 Å². The summed E-state index contributed by atoms with van der Waals surface area (Å²) in [5, 5.41) is 3.26. The minimum atomic E-state index is -0.151. The van der Waals surface area contributed by atoms with Crippen LogP contribution in [0.5, 0.6) is 0 Å². The average molecular weight is 376 g/mol. The zero-order valence-corrected chi connectivity index (χ0v) is 16.8. The van der Waals surface area contributed by atoms with Crippen LogP contribution in [0.2, 0.25) is 0 Å². The summed E-state index contributed by atoms with van der Waals surface area (Å²) < 4.78 is 5.01. The predicted octanol–water partition coefficient (Wildman–Crippen LogP) is 3.11. The highest BCUT2D eigenvalue weighted by Gasteiger charge is 2.62. The number of esters is 1. The number of fused-ring (bicyclic) bond motifs is 5. The zero-order chi connectivity index (χ0) is 19.4. The second-order valence-corrected chi connectivity index (χ2v) is 10.1. The largest absolute Gasteiger partial charge is 0.469 e. The maximum absolute atomic E-state index is 12.2. The smallest absolute Gasteiger partial charge is 0.305 e. The Morgan fingerprint density at radius 2 is 1.93 bits per heavy atom. The van der Waals surface area contributed by atoms with E-state index in [1.165, 1.54) is 13.4 Å². The van der Waals surface area contributed by atoms with Gasteiger partial charge in [-0.2, -0.15) is 0 Å². The SMILES string of the molecule is COC(=O)CC1CC2NC(=O)CCC2(C)C2CC[C@@]3(C)C(CC[C@@H]3C=O)C12. The van der Waals surface area contributed by atoms with Crippen molar-refractivity contribution in [2.75, 3.05) is 7.11 Å². The molecule has 0 bridgehead atoms. The summed E-state index contributed by atoms with van der Waals surface area (Å²) in [4.78, 5) is 36.0. The van der Waals surface area contributed by atoms with E-state index in [1.807, 2.05) is 0 Å². The van der Waals surface area contributed by atoms with Crippen LogP contribution in [0.3, 0.4) is 0 Å². The van der Waals surface area contributed by atoms with E-state index in [0.29, 0.717) is 30.6 Å². The molecule has 0 spiro atoms. The Bertz CT molecular complexity index is 648. The number of rotatable bonds is 3.